The van der Waals surface area contributed by atoms with Crippen LogP contribution < -0.4 is 10.1 Å². The van der Waals surface area contributed by atoms with E-state index in [0.717, 1.165) is 11.1 Å². The van der Waals surface area contributed by atoms with Crippen LogP contribution in [0.1, 0.15) is 27.2 Å². The number of hydrogen-bond acceptors (Lipinski definition) is 7. The first-order valence-electron chi connectivity index (χ1n) is 10.5. The van der Waals surface area contributed by atoms with Gasteiger partial charge in [0.05, 0.1) is 19.1 Å². The van der Waals surface area contributed by atoms with Gasteiger partial charge in [-0.15, -0.1) is 5.10 Å². The number of aromatic nitrogens is 5. The van der Waals surface area contributed by atoms with Crippen molar-refractivity contribution in [2.24, 2.45) is 11.8 Å². The molecule has 0 aromatic carbocycles. The van der Waals surface area contributed by atoms with Gasteiger partial charge in [-0.1, -0.05) is 20.8 Å². The van der Waals surface area contributed by atoms with Gasteiger partial charge in [0.25, 0.3) is 0 Å². The number of aromatic amines is 1. The van der Waals surface area contributed by atoms with E-state index in [1.54, 1.807) is 10.7 Å². The van der Waals surface area contributed by atoms with E-state index in [0.29, 0.717) is 49.5 Å². The molecule has 0 aliphatic carbocycles. The van der Waals surface area contributed by atoms with Gasteiger partial charge in [0.1, 0.15) is 0 Å². The molecule has 0 radical (unpaired) electrons. The van der Waals surface area contributed by atoms with E-state index in [4.69, 9.17) is 4.74 Å². The second-order valence-corrected chi connectivity index (χ2v) is 10.6. The van der Waals surface area contributed by atoms with Crippen LogP contribution in [0.25, 0.3) is 16.8 Å². The maximum absolute atomic E-state index is 11.8. The van der Waals surface area contributed by atoms with Gasteiger partial charge in [0.2, 0.25) is 21.9 Å². The molecular formula is C20H29N7O3S. The molecule has 0 amide bonds. The number of H-pyrrole nitrogens is 1. The predicted molar refractivity (Wildman–Crippen MR) is 119 cm³/mol. The Labute approximate surface area is 182 Å². The summed E-state index contributed by atoms with van der Waals surface area (Å²) in [5.41, 5.74) is 2.47. The predicted octanol–water partition coefficient (Wildman–Crippen LogP) is 2.24. The molecule has 2 atom stereocenters. The SMILES string of the molecule is CC(C)COc1c(-c2cn[nH]c2)ccc2nc(NC3CCN(S(C)(=O)=O)C[C@H]3C)nn12. The van der Waals surface area contributed by atoms with Gasteiger partial charge in [-0.05, 0) is 30.4 Å². The van der Waals surface area contributed by atoms with Crippen LogP contribution in [-0.2, 0) is 10.0 Å². The van der Waals surface area contributed by atoms with Crippen molar-refractivity contribution in [2.75, 3.05) is 31.3 Å². The summed E-state index contributed by atoms with van der Waals surface area (Å²) in [6, 6.07) is 3.95. The van der Waals surface area contributed by atoms with Crippen molar-refractivity contribution in [1.29, 1.82) is 0 Å². The van der Waals surface area contributed by atoms with Crippen molar-refractivity contribution in [3.63, 3.8) is 0 Å². The van der Waals surface area contributed by atoms with Crippen molar-refractivity contribution in [3.05, 3.63) is 24.5 Å². The molecule has 4 rings (SSSR count). The molecule has 1 unspecified atom stereocenters. The minimum absolute atomic E-state index is 0.0868. The quantitative estimate of drug-likeness (QED) is 0.570. The van der Waals surface area contributed by atoms with E-state index in [1.165, 1.54) is 10.6 Å². The van der Waals surface area contributed by atoms with Crippen LogP contribution in [0.4, 0.5) is 5.95 Å². The number of rotatable bonds is 7. The van der Waals surface area contributed by atoms with E-state index >= 15 is 0 Å². The number of fused-ring (bicyclic) bond motifs is 1. The normalized spacial score (nSPS) is 20.4. The molecule has 31 heavy (non-hydrogen) atoms. The summed E-state index contributed by atoms with van der Waals surface area (Å²) >= 11 is 0. The molecule has 1 aliphatic rings. The lowest BCUT2D eigenvalue weighted by atomic mass is 9.95. The zero-order valence-corrected chi connectivity index (χ0v) is 19.1. The third-order valence-electron chi connectivity index (χ3n) is 5.47. The largest absolute Gasteiger partial charge is 0.477 e. The molecule has 1 aliphatic heterocycles. The lowest BCUT2D eigenvalue weighted by molar-refractivity contribution is 0.256. The van der Waals surface area contributed by atoms with Crippen LogP contribution in [0.3, 0.4) is 0 Å². The summed E-state index contributed by atoms with van der Waals surface area (Å²) in [6.45, 7) is 7.75. The van der Waals surface area contributed by atoms with E-state index in [2.05, 4.69) is 39.4 Å². The standard InChI is InChI=1S/C20H29N7O3S/c1-13(2)12-30-19-16(15-9-21-22-10-15)5-6-18-24-20(25-27(18)19)23-17-7-8-26(11-14(17)3)31(4,28)29/h5-6,9-10,13-14,17H,7-8,11-12H2,1-4H3,(H,21,22)(H,23,25)/t14-,17?/m1/s1. The summed E-state index contributed by atoms with van der Waals surface area (Å²) in [7, 11) is -3.17. The highest BCUT2D eigenvalue weighted by Gasteiger charge is 2.31. The summed E-state index contributed by atoms with van der Waals surface area (Å²) in [5.74, 6) is 1.61. The Hall–Kier alpha value is -2.66. The second kappa shape index (κ2) is 8.46. The van der Waals surface area contributed by atoms with Gasteiger partial charge in [0.15, 0.2) is 5.65 Å². The van der Waals surface area contributed by atoms with Crippen molar-refractivity contribution < 1.29 is 13.2 Å². The molecule has 4 heterocycles. The Morgan fingerprint density at radius 3 is 2.81 bits per heavy atom. The molecule has 0 saturated carbocycles. The third-order valence-corrected chi connectivity index (χ3v) is 6.74. The summed E-state index contributed by atoms with van der Waals surface area (Å²) in [5, 5.41) is 14.9. The van der Waals surface area contributed by atoms with Crippen LogP contribution in [0, 0.1) is 11.8 Å². The lowest BCUT2D eigenvalue weighted by Crippen LogP contribution is -2.47. The first-order valence-corrected chi connectivity index (χ1v) is 12.3. The minimum Gasteiger partial charge on any atom is -0.477 e. The Kier molecular flexibility index (Phi) is 5.89. The summed E-state index contributed by atoms with van der Waals surface area (Å²) in [6.07, 6.45) is 5.52. The average molecular weight is 448 g/mol. The molecule has 0 spiro atoms. The summed E-state index contributed by atoms with van der Waals surface area (Å²) < 4.78 is 33.1. The van der Waals surface area contributed by atoms with Gasteiger partial charge in [-0.25, -0.2) is 12.7 Å². The number of nitrogens with one attached hydrogen (secondary N) is 2. The highest BCUT2D eigenvalue weighted by molar-refractivity contribution is 7.88. The van der Waals surface area contributed by atoms with Gasteiger partial charge >= 0.3 is 0 Å². The van der Waals surface area contributed by atoms with Gasteiger partial charge in [0, 0.05) is 36.5 Å². The molecule has 10 nitrogen and oxygen atoms in total. The Bertz CT molecular complexity index is 1140. The minimum atomic E-state index is -3.17. The van der Waals surface area contributed by atoms with Gasteiger partial charge < -0.3 is 10.1 Å². The molecular weight excluding hydrogens is 418 g/mol. The fourth-order valence-corrected chi connectivity index (χ4v) is 4.72. The molecule has 2 N–H and O–H groups in total. The van der Waals surface area contributed by atoms with E-state index in [9.17, 15) is 8.42 Å². The van der Waals surface area contributed by atoms with Crippen molar-refractivity contribution in [1.82, 2.24) is 29.1 Å². The van der Waals surface area contributed by atoms with Crippen LogP contribution in [0.15, 0.2) is 24.5 Å². The highest BCUT2D eigenvalue weighted by Crippen LogP contribution is 2.31. The number of hydrogen-bond donors (Lipinski definition) is 2. The Morgan fingerprint density at radius 1 is 1.35 bits per heavy atom. The number of sulfonamides is 1. The van der Waals surface area contributed by atoms with Gasteiger partial charge in [-0.3, -0.25) is 5.10 Å². The molecule has 168 valence electrons. The molecule has 1 saturated heterocycles. The van der Waals surface area contributed by atoms with Crippen LogP contribution in [0.5, 0.6) is 5.88 Å². The molecule has 3 aromatic rings. The maximum Gasteiger partial charge on any atom is 0.243 e. The number of nitrogens with zero attached hydrogens (tertiary/aromatic N) is 5. The van der Waals surface area contributed by atoms with E-state index in [1.807, 2.05) is 25.3 Å². The lowest BCUT2D eigenvalue weighted by Gasteiger charge is -2.35. The fourth-order valence-electron chi connectivity index (χ4n) is 3.78. The Balaban J connectivity index is 1.61. The van der Waals surface area contributed by atoms with E-state index in [-0.39, 0.29) is 12.0 Å². The number of anilines is 1. The fraction of sp³-hybridized carbons (Fsp3) is 0.550. The van der Waals surface area contributed by atoms with Crippen LogP contribution >= 0.6 is 0 Å². The van der Waals surface area contributed by atoms with Gasteiger partial charge in [-0.2, -0.15) is 14.6 Å². The zero-order chi connectivity index (χ0) is 22.2. The number of piperidine rings is 1. The molecule has 0 bridgehead atoms. The summed E-state index contributed by atoms with van der Waals surface area (Å²) in [4.78, 5) is 4.62. The first kappa shape index (κ1) is 21.6. The maximum atomic E-state index is 11.8. The second-order valence-electron chi connectivity index (χ2n) is 8.59. The molecule has 1 fully saturated rings. The van der Waals surface area contributed by atoms with Crippen molar-refractivity contribution in [2.45, 2.75) is 33.2 Å². The number of ether oxygens (including phenoxy) is 1. The Morgan fingerprint density at radius 2 is 2.16 bits per heavy atom. The number of pyridine rings is 1. The molecule has 11 heteroatoms. The smallest absolute Gasteiger partial charge is 0.243 e. The highest BCUT2D eigenvalue weighted by atomic mass is 32.2. The monoisotopic (exact) mass is 447 g/mol. The third kappa shape index (κ3) is 4.67. The van der Waals surface area contributed by atoms with Crippen molar-refractivity contribution in [3.8, 4) is 17.0 Å². The van der Waals surface area contributed by atoms with Crippen LogP contribution in [-0.4, -0.2) is 69.5 Å². The van der Waals surface area contributed by atoms with Crippen molar-refractivity contribution >= 4 is 21.6 Å². The van der Waals surface area contributed by atoms with Crippen LogP contribution in [0.2, 0.25) is 0 Å². The topological polar surface area (TPSA) is 118 Å². The van der Waals surface area contributed by atoms with E-state index < -0.39 is 10.0 Å². The first-order chi connectivity index (χ1) is 14.7. The average Bonchev–Trinajstić information content (AvgIpc) is 3.36. The zero-order valence-electron chi connectivity index (χ0n) is 18.2. The molecule has 3 aromatic heterocycles.